The van der Waals surface area contributed by atoms with E-state index in [1.54, 1.807) is 4.68 Å². The predicted octanol–water partition coefficient (Wildman–Crippen LogP) is 2.49. The number of hydrogen-bond donors (Lipinski definition) is 1. The fraction of sp³-hybridized carbons (Fsp3) is 0.333. The van der Waals surface area contributed by atoms with Gasteiger partial charge in [0.05, 0.1) is 5.69 Å². The van der Waals surface area contributed by atoms with Crippen LogP contribution in [0.4, 0.5) is 5.82 Å². The lowest BCUT2D eigenvalue weighted by Crippen LogP contribution is -2.03. The summed E-state index contributed by atoms with van der Waals surface area (Å²) in [4.78, 5) is 0. The molecule has 0 saturated carbocycles. The monoisotopic (exact) mass is 268 g/mol. The fourth-order valence-corrected chi connectivity index (χ4v) is 2.46. The molecule has 2 N–H and O–H groups in total. The van der Waals surface area contributed by atoms with Crippen LogP contribution in [0.1, 0.15) is 35.8 Å². The van der Waals surface area contributed by atoms with Crippen molar-refractivity contribution in [3.63, 3.8) is 0 Å². The Morgan fingerprint density at radius 2 is 2.15 bits per heavy atom. The molecule has 1 aromatic carbocycles. The van der Waals surface area contributed by atoms with Crippen LogP contribution in [0.15, 0.2) is 24.3 Å². The van der Waals surface area contributed by atoms with Gasteiger partial charge >= 0.3 is 0 Å². The number of hydrogen-bond acceptors (Lipinski definition) is 4. The molecule has 1 saturated heterocycles. The first kappa shape index (κ1) is 12.7. The zero-order chi connectivity index (χ0) is 14.1. The number of ether oxygens (including phenoxy) is 1. The summed E-state index contributed by atoms with van der Waals surface area (Å²) in [6.45, 7) is 2.74. The Balaban J connectivity index is 2.08. The van der Waals surface area contributed by atoms with Gasteiger partial charge in [0.15, 0.2) is 0 Å². The van der Waals surface area contributed by atoms with Gasteiger partial charge in [0.25, 0.3) is 0 Å². The molecule has 0 unspecified atom stereocenters. The summed E-state index contributed by atoms with van der Waals surface area (Å²) in [5.74, 6) is 0.377. The highest BCUT2D eigenvalue weighted by molar-refractivity contribution is 5.57. The summed E-state index contributed by atoms with van der Waals surface area (Å²) >= 11 is 0. The summed E-state index contributed by atoms with van der Waals surface area (Å²) in [6, 6.07) is 10.0. The second-order valence-electron chi connectivity index (χ2n) is 5.01. The SMILES string of the molecule is Cc1ccc(-n2nc([C@@H]3CCCO3)c(C#N)c2N)cc1. The minimum atomic E-state index is -0.112. The molecule has 1 aromatic heterocycles. The van der Waals surface area contributed by atoms with Crippen molar-refractivity contribution in [3.8, 4) is 11.8 Å². The molecule has 20 heavy (non-hydrogen) atoms. The highest BCUT2D eigenvalue weighted by atomic mass is 16.5. The molecule has 1 fully saturated rings. The molecule has 5 nitrogen and oxygen atoms in total. The average molecular weight is 268 g/mol. The van der Waals surface area contributed by atoms with E-state index in [1.165, 1.54) is 5.56 Å². The van der Waals surface area contributed by atoms with E-state index in [0.717, 1.165) is 18.5 Å². The van der Waals surface area contributed by atoms with Gasteiger partial charge in [0.1, 0.15) is 29.2 Å². The standard InChI is InChI=1S/C15H16N4O/c1-10-4-6-11(7-5-10)19-15(17)12(9-16)14(18-19)13-3-2-8-20-13/h4-7,13H,2-3,8,17H2,1H3/t13-/m0/s1. The largest absolute Gasteiger partial charge is 0.382 e. The molecule has 5 heteroatoms. The lowest BCUT2D eigenvalue weighted by Gasteiger charge is -2.05. The van der Waals surface area contributed by atoms with Gasteiger partial charge in [-0.3, -0.25) is 0 Å². The Kier molecular flexibility index (Phi) is 3.17. The van der Waals surface area contributed by atoms with Gasteiger partial charge in [-0.25, -0.2) is 4.68 Å². The van der Waals surface area contributed by atoms with E-state index >= 15 is 0 Å². The van der Waals surface area contributed by atoms with Crippen molar-refractivity contribution >= 4 is 5.82 Å². The molecule has 0 aliphatic carbocycles. The Morgan fingerprint density at radius 1 is 1.40 bits per heavy atom. The van der Waals surface area contributed by atoms with Crippen LogP contribution in [0.2, 0.25) is 0 Å². The van der Waals surface area contributed by atoms with E-state index in [-0.39, 0.29) is 6.10 Å². The number of benzene rings is 1. The van der Waals surface area contributed by atoms with E-state index < -0.39 is 0 Å². The second kappa shape index (κ2) is 4.99. The van der Waals surface area contributed by atoms with Crippen LogP contribution >= 0.6 is 0 Å². The van der Waals surface area contributed by atoms with Crippen LogP contribution in [0.25, 0.3) is 5.69 Å². The average Bonchev–Trinajstić information content (AvgIpc) is 3.07. The maximum Gasteiger partial charge on any atom is 0.145 e. The Hall–Kier alpha value is -2.32. The van der Waals surface area contributed by atoms with E-state index in [1.807, 2.05) is 31.2 Å². The topological polar surface area (TPSA) is 76.9 Å². The molecule has 2 heterocycles. The first-order chi connectivity index (χ1) is 9.70. The Bertz CT molecular complexity index is 660. The third-order valence-electron chi connectivity index (χ3n) is 3.57. The number of nitriles is 1. The van der Waals surface area contributed by atoms with E-state index in [9.17, 15) is 5.26 Å². The summed E-state index contributed by atoms with van der Waals surface area (Å²) in [6.07, 6.45) is 1.77. The van der Waals surface area contributed by atoms with Gasteiger partial charge in [-0.1, -0.05) is 17.7 Å². The molecule has 0 amide bonds. The maximum atomic E-state index is 9.33. The smallest absolute Gasteiger partial charge is 0.145 e. The first-order valence-corrected chi connectivity index (χ1v) is 6.68. The number of nitrogens with zero attached hydrogens (tertiary/aromatic N) is 3. The molecule has 2 aromatic rings. The Labute approximate surface area is 117 Å². The van der Waals surface area contributed by atoms with Crippen molar-refractivity contribution in [2.75, 3.05) is 12.3 Å². The zero-order valence-corrected chi connectivity index (χ0v) is 11.3. The van der Waals surface area contributed by atoms with Crippen molar-refractivity contribution < 1.29 is 4.74 Å². The minimum absolute atomic E-state index is 0.112. The quantitative estimate of drug-likeness (QED) is 0.907. The van der Waals surface area contributed by atoms with Gasteiger partial charge in [0, 0.05) is 6.61 Å². The molecule has 1 aliphatic heterocycles. The molecular weight excluding hydrogens is 252 g/mol. The van der Waals surface area contributed by atoms with E-state index in [2.05, 4.69) is 11.2 Å². The second-order valence-corrected chi connectivity index (χ2v) is 5.01. The summed E-state index contributed by atoms with van der Waals surface area (Å²) in [5.41, 5.74) is 9.18. The van der Waals surface area contributed by atoms with E-state index in [4.69, 9.17) is 10.5 Å². The number of rotatable bonds is 2. The van der Waals surface area contributed by atoms with Gasteiger partial charge in [-0.2, -0.15) is 10.4 Å². The van der Waals surface area contributed by atoms with Crippen LogP contribution in [-0.2, 0) is 4.74 Å². The van der Waals surface area contributed by atoms with Gasteiger partial charge in [0.2, 0.25) is 0 Å². The maximum absolute atomic E-state index is 9.33. The molecule has 1 aliphatic rings. The molecule has 0 bridgehead atoms. The summed E-state index contributed by atoms with van der Waals surface area (Å²) in [7, 11) is 0. The van der Waals surface area contributed by atoms with Crippen molar-refractivity contribution in [3.05, 3.63) is 41.1 Å². The number of aromatic nitrogens is 2. The van der Waals surface area contributed by atoms with Gasteiger partial charge < -0.3 is 10.5 Å². The first-order valence-electron chi connectivity index (χ1n) is 6.68. The third kappa shape index (κ3) is 2.04. The van der Waals surface area contributed by atoms with Crippen LogP contribution in [0.5, 0.6) is 0 Å². The number of anilines is 1. The molecule has 0 radical (unpaired) electrons. The summed E-state index contributed by atoms with van der Waals surface area (Å²) in [5, 5.41) is 13.8. The lowest BCUT2D eigenvalue weighted by molar-refractivity contribution is 0.108. The lowest BCUT2D eigenvalue weighted by atomic mass is 10.1. The van der Waals surface area contributed by atoms with Crippen molar-refractivity contribution in [2.24, 2.45) is 0 Å². The number of nitrogen functional groups attached to an aromatic ring is 1. The van der Waals surface area contributed by atoms with Crippen molar-refractivity contribution in [2.45, 2.75) is 25.9 Å². The normalized spacial score (nSPS) is 18.1. The number of aryl methyl sites for hydroxylation is 1. The fourth-order valence-electron chi connectivity index (χ4n) is 2.46. The van der Waals surface area contributed by atoms with Crippen LogP contribution in [-0.4, -0.2) is 16.4 Å². The summed E-state index contributed by atoms with van der Waals surface area (Å²) < 4.78 is 7.24. The molecule has 3 rings (SSSR count). The van der Waals surface area contributed by atoms with E-state index in [0.29, 0.717) is 23.7 Å². The van der Waals surface area contributed by atoms with Gasteiger partial charge in [-0.05, 0) is 31.9 Å². The minimum Gasteiger partial charge on any atom is -0.382 e. The molecular formula is C15H16N4O. The van der Waals surface area contributed by atoms with Crippen LogP contribution in [0.3, 0.4) is 0 Å². The molecule has 102 valence electrons. The van der Waals surface area contributed by atoms with Crippen LogP contribution < -0.4 is 5.73 Å². The van der Waals surface area contributed by atoms with Crippen molar-refractivity contribution in [1.29, 1.82) is 5.26 Å². The predicted molar refractivity (Wildman–Crippen MR) is 75.4 cm³/mol. The van der Waals surface area contributed by atoms with Crippen LogP contribution in [0, 0.1) is 18.3 Å². The zero-order valence-electron chi connectivity index (χ0n) is 11.3. The highest BCUT2D eigenvalue weighted by Gasteiger charge is 2.27. The van der Waals surface area contributed by atoms with Gasteiger partial charge in [-0.15, -0.1) is 0 Å². The van der Waals surface area contributed by atoms with Crippen molar-refractivity contribution in [1.82, 2.24) is 9.78 Å². The Morgan fingerprint density at radius 3 is 2.75 bits per heavy atom. The molecule has 0 spiro atoms. The molecule has 1 atom stereocenters. The number of nitrogens with two attached hydrogens (primary N) is 1. The third-order valence-corrected chi connectivity index (χ3v) is 3.57. The highest BCUT2D eigenvalue weighted by Crippen LogP contribution is 2.33.